The molecule has 0 heterocycles. The Balaban J connectivity index is 0.000000180. The molecular weight excluding hydrogens is 130 g/mol. The van der Waals surface area contributed by atoms with Gasteiger partial charge in [-0.05, 0) is 19.8 Å². The van der Waals surface area contributed by atoms with E-state index in [0.717, 1.165) is 12.8 Å². The van der Waals surface area contributed by atoms with Crippen molar-refractivity contribution in [3.8, 4) is 0 Å². The van der Waals surface area contributed by atoms with Gasteiger partial charge in [0.2, 0.25) is 0 Å². The van der Waals surface area contributed by atoms with Crippen LogP contribution in [0.2, 0.25) is 0 Å². The third-order valence-electron chi connectivity index (χ3n) is 1.46. The normalized spacial score (nSPS) is 36.3. The van der Waals surface area contributed by atoms with Crippen LogP contribution >= 0.6 is 0 Å². The average molecular weight is 147 g/mol. The first kappa shape index (κ1) is 9.88. The molecule has 62 valence electrons. The maximum atomic E-state index is 8.57. The Kier molecular flexibility index (Phi) is 3.86. The fraction of sp³-hybridized carbons (Fsp3) is 1.00. The molecule has 0 spiro atoms. The van der Waals surface area contributed by atoms with Crippen LogP contribution in [0.5, 0.6) is 0 Å². The Morgan fingerprint density at radius 1 is 1.70 bits per heavy atom. The van der Waals surface area contributed by atoms with Gasteiger partial charge in [0.15, 0.2) is 0 Å². The first-order valence-electron chi connectivity index (χ1n) is 3.62. The highest BCUT2D eigenvalue weighted by atomic mass is 16.3. The Hall–Kier alpha value is -0.120. The SMILES string of the molecule is CC1(N)CC1O.CCCO. The minimum absolute atomic E-state index is 0.225. The highest BCUT2D eigenvalue weighted by Crippen LogP contribution is 2.31. The van der Waals surface area contributed by atoms with E-state index >= 15 is 0 Å². The fourth-order valence-corrected chi connectivity index (χ4v) is 0.358. The van der Waals surface area contributed by atoms with E-state index in [1.807, 2.05) is 13.8 Å². The lowest BCUT2D eigenvalue weighted by molar-refractivity contribution is 0.253. The topological polar surface area (TPSA) is 66.5 Å². The molecule has 2 atom stereocenters. The van der Waals surface area contributed by atoms with Crippen LogP contribution in [0.4, 0.5) is 0 Å². The molecule has 1 rings (SSSR count). The van der Waals surface area contributed by atoms with Gasteiger partial charge < -0.3 is 15.9 Å². The molecule has 1 aliphatic rings. The molecule has 0 aromatic rings. The van der Waals surface area contributed by atoms with Crippen LogP contribution in [0.15, 0.2) is 0 Å². The molecule has 1 aliphatic carbocycles. The third kappa shape index (κ3) is 3.82. The summed E-state index contributed by atoms with van der Waals surface area (Å²) in [7, 11) is 0. The number of nitrogens with two attached hydrogens (primary N) is 1. The van der Waals surface area contributed by atoms with Gasteiger partial charge in [-0.15, -0.1) is 0 Å². The molecule has 2 unspecified atom stereocenters. The molecule has 0 aromatic heterocycles. The predicted molar refractivity (Wildman–Crippen MR) is 40.6 cm³/mol. The number of hydrogen-bond donors (Lipinski definition) is 3. The first-order valence-corrected chi connectivity index (χ1v) is 3.62. The van der Waals surface area contributed by atoms with Crippen molar-refractivity contribution in [2.75, 3.05) is 6.61 Å². The summed E-state index contributed by atoms with van der Waals surface area (Å²) in [6, 6.07) is 0. The second kappa shape index (κ2) is 3.91. The van der Waals surface area contributed by atoms with Crippen molar-refractivity contribution in [2.45, 2.75) is 38.3 Å². The second-order valence-corrected chi connectivity index (χ2v) is 2.95. The number of hydrogen-bond acceptors (Lipinski definition) is 3. The van der Waals surface area contributed by atoms with E-state index in [9.17, 15) is 0 Å². The second-order valence-electron chi connectivity index (χ2n) is 2.95. The molecule has 4 N–H and O–H groups in total. The van der Waals surface area contributed by atoms with Crippen molar-refractivity contribution in [3.63, 3.8) is 0 Å². The summed E-state index contributed by atoms with van der Waals surface area (Å²) in [5.74, 6) is 0. The van der Waals surface area contributed by atoms with E-state index in [2.05, 4.69) is 0 Å². The Bertz CT molecular complexity index is 91.6. The summed E-state index contributed by atoms with van der Waals surface area (Å²) >= 11 is 0. The van der Waals surface area contributed by atoms with Crippen LogP contribution in [-0.2, 0) is 0 Å². The summed E-state index contributed by atoms with van der Waals surface area (Å²) in [6.45, 7) is 4.09. The van der Waals surface area contributed by atoms with E-state index in [1.165, 1.54) is 0 Å². The largest absolute Gasteiger partial charge is 0.396 e. The Morgan fingerprint density at radius 3 is 1.90 bits per heavy atom. The highest BCUT2D eigenvalue weighted by Gasteiger charge is 2.45. The highest BCUT2D eigenvalue weighted by molar-refractivity contribution is 5.04. The monoisotopic (exact) mass is 147 g/mol. The summed E-state index contributed by atoms with van der Waals surface area (Å²) in [4.78, 5) is 0. The zero-order valence-corrected chi connectivity index (χ0v) is 6.67. The lowest BCUT2D eigenvalue weighted by Gasteiger charge is -1.92. The zero-order chi connectivity index (χ0) is 8.20. The van der Waals surface area contributed by atoms with E-state index in [1.54, 1.807) is 0 Å². The van der Waals surface area contributed by atoms with Crippen LogP contribution in [0, 0.1) is 0 Å². The molecule has 0 amide bonds. The Morgan fingerprint density at radius 2 is 1.90 bits per heavy atom. The van der Waals surface area contributed by atoms with Crippen LogP contribution in [0.3, 0.4) is 0 Å². The molecular formula is C7H17NO2. The third-order valence-corrected chi connectivity index (χ3v) is 1.46. The summed E-state index contributed by atoms with van der Waals surface area (Å²) in [6.07, 6.45) is 1.42. The van der Waals surface area contributed by atoms with Crippen LogP contribution in [-0.4, -0.2) is 28.5 Å². The van der Waals surface area contributed by atoms with Crippen molar-refractivity contribution in [2.24, 2.45) is 5.73 Å². The smallest absolute Gasteiger partial charge is 0.0736 e. The molecule has 0 aliphatic heterocycles. The maximum Gasteiger partial charge on any atom is 0.0736 e. The average Bonchev–Trinajstić information content (AvgIpc) is 2.39. The summed E-state index contributed by atoms with van der Waals surface area (Å²) < 4.78 is 0. The summed E-state index contributed by atoms with van der Waals surface area (Å²) in [5, 5.41) is 16.4. The van der Waals surface area contributed by atoms with Crippen LogP contribution < -0.4 is 5.73 Å². The van der Waals surface area contributed by atoms with Crippen molar-refractivity contribution < 1.29 is 10.2 Å². The van der Waals surface area contributed by atoms with Gasteiger partial charge in [0, 0.05) is 12.1 Å². The molecule has 3 nitrogen and oxygen atoms in total. The van der Waals surface area contributed by atoms with Crippen LogP contribution in [0.1, 0.15) is 26.7 Å². The molecule has 3 heteroatoms. The van der Waals surface area contributed by atoms with Crippen molar-refractivity contribution in [3.05, 3.63) is 0 Å². The quantitative estimate of drug-likeness (QED) is 0.483. The fourth-order valence-electron chi connectivity index (χ4n) is 0.358. The molecule has 1 saturated carbocycles. The van der Waals surface area contributed by atoms with Gasteiger partial charge in [-0.25, -0.2) is 0 Å². The number of aliphatic hydroxyl groups excluding tert-OH is 2. The lowest BCUT2D eigenvalue weighted by atomic mass is 10.4. The number of rotatable bonds is 1. The van der Waals surface area contributed by atoms with Gasteiger partial charge in [0.05, 0.1) is 6.10 Å². The lowest BCUT2D eigenvalue weighted by Crippen LogP contribution is -2.21. The van der Waals surface area contributed by atoms with E-state index < -0.39 is 0 Å². The predicted octanol–water partition coefficient (Wildman–Crippen LogP) is -0.143. The van der Waals surface area contributed by atoms with Crippen molar-refractivity contribution >= 4 is 0 Å². The van der Waals surface area contributed by atoms with Crippen molar-refractivity contribution in [1.82, 2.24) is 0 Å². The van der Waals surface area contributed by atoms with Gasteiger partial charge in [-0.1, -0.05) is 6.92 Å². The molecule has 0 radical (unpaired) electrons. The van der Waals surface area contributed by atoms with Gasteiger partial charge in [-0.2, -0.15) is 0 Å². The maximum absolute atomic E-state index is 8.57. The molecule has 0 aromatic carbocycles. The molecule has 0 saturated heterocycles. The van der Waals surface area contributed by atoms with Crippen molar-refractivity contribution in [1.29, 1.82) is 0 Å². The Labute approximate surface area is 61.9 Å². The minimum atomic E-state index is -0.236. The minimum Gasteiger partial charge on any atom is -0.396 e. The van der Waals surface area contributed by atoms with Gasteiger partial charge in [0.25, 0.3) is 0 Å². The van der Waals surface area contributed by atoms with Crippen LogP contribution in [0.25, 0.3) is 0 Å². The van der Waals surface area contributed by atoms with Gasteiger partial charge in [0.1, 0.15) is 0 Å². The van der Waals surface area contributed by atoms with Gasteiger partial charge >= 0.3 is 0 Å². The number of aliphatic hydroxyl groups is 2. The van der Waals surface area contributed by atoms with Gasteiger partial charge in [-0.3, -0.25) is 0 Å². The molecule has 10 heavy (non-hydrogen) atoms. The first-order chi connectivity index (χ1) is 4.54. The zero-order valence-electron chi connectivity index (χ0n) is 6.67. The summed E-state index contributed by atoms with van der Waals surface area (Å²) in [5.41, 5.74) is 5.12. The van der Waals surface area contributed by atoms with E-state index in [-0.39, 0.29) is 11.6 Å². The molecule has 0 bridgehead atoms. The van der Waals surface area contributed by atoms with E-state index in [0.29, 0.717) is 6.61 Å². The van der Waals surface area contributed by atoms with E-state index in [4.69, 9.17) is 15.9 Å². The standard InChI is InChI=1S/C4H9NO.C3H8O/c1-4(5)2-3(4)6;1-2-3-4/h3,6H,2,5H2,1H3;4H,2-3H2,1H3. The molecule has 1 fully saturated rings.